The Hall–Kier alpha value is -3.92. The molecule has 1 aliphatic heterocycles. The fraction of sp³-hybridized carbons (Fsp3) is 0.333. The van der Waals surface area contributed by atoms with Gasteiger partial charge in [-0.1, -0.05) is 29.8 Å². The predicted molar refractivity (Wildman–Crippen MR) is 142 cm³/mol. The summed E-state index contributed by atoms with van der Waals surface area (Å²) >= 11 is 6.04. The maximum atomic E-state index is 14.7. The molecule has 2 fully saturated rings. The summed E-state index contributed by atoms with van der Waals surface area (Å²) in [7, 11) is 1.58. The topological polar surface area (TPSA) is 122 Å². The highest BCUT2D eigenvalue weighted by Crippen LogP contribution is 2.48. The largest absolute Gasteiger partial charge is 0.382 e. The van der Waals surface area contributed by atoms with E-state index in [1.54, 1.807) is 22.7 Å². The van der Waals surface area contributed by atoms with Gasteiger partial charge in [-0.05, 0) is 43.9 Å². The SMILES string of the molecule is CN/N=C(\N)c1cc(Cl)c(F)c(CNC(=O)[C@@H]2C[C@H]3C[C@H]3N2C(=O)Cn2cc(C(C)=O)c3ccccc32)c1. The summed E-state index contributed by atoms with van der Waals surface area (Å²) in [5, 5.41) is 7.30. The first kappa shape index (κ1) is 25.7. The monoisotopic (exact) mass is 538 g/mol. The number of hydrogen-bond donors (Lipinski definition) is 3. The summed E-state index contributed by atoms with van der Waals surface area (Å²) in [5.74, 6) is -0.890. The van der Waals surface area contributed by atoms with Crippen LogP contribution < -0.4 is 16.5 Å². The lowest BCUT2D eigenvalue weighted by atomic mass is 10.1. The van der Waals surface area contributed by atoms with Crippen molar-refractivity contribution in [2.75, 3.05) is 7.05 Å². The first-order valence-corrected chi connectivity index (χ1v) is 12.7. The van der Waals surface area contributed by atoms with E-state index >= 15 is 0 Å². The van der Waals surface area contributed by atoms with Gasteiger partial charge in [0.05, 0.1) is 5.02 Å². The number of nitrogens with one attached hydrogen (secondary N) is 2. The molecule has 9 nitrogen and oxygen atoms in total. The minimum absolute atomic E-state index is 0.0111. The molecule has 5 rings (SSSR count). The summed E-state index contributed by atoms with van der Waals surface area (Å²) < 4.78 is 16.5. The molecule has 198 valence electrons. The van der Waals surface area contributed by atoms with Gasteiger partial charge in [0, 0.05) is 53.4 Å². The first-order chi connectivity index (χ1) is 18.2. The molecule has 3 atom stereocenters. The Labute approximate surface area is 223 Å². The molecule has 4 N–H and O–H groups in total. The van der Waals surface area contributed by atoms with E-state index in [9.17, 15) is 18.8 Å². The van der Waals surface area contributed by atoms with Crippen molar-refractivity contribution < 1.29 is 18.8 Å². The molecule has 2 aliphatic rings. The number of hydrazone groups is 1. The van der Waals surface area contributed by atoms with Crippen LogP contribution in [0, 0.1) is 11.7 Å². The molecule has 1 saturated heterocycles. The van der Waals surface area contributed by atoms with Crippen molar-refractivity contribution in [3.8, 4) is 0 Å². The number of carbonyl (C=O) groups excluding carboxylic acids is 3. The Balaban J connectivity index is 1.32. The van der Waals surface area contributed by atoms with Crippen LogP contribution in [0.5, 0.6) is 0 Å². The zero-order chi connectivity index (χ0) is 27.1. The molecule has 11 heteroatoms. The van der Waals surface area contributed by atoms with Crippen molar-refractivity contribution in [1.82, 2.24) is 20.2 Å². The second kappa shape index (κ2) is 10.1. The lowest BCUT2D eigenvalue weighted by Gasteiger charge is -2.27. The Morgan fingerprint density at radius 2 is 1.97 bits per heavy atom. The van der Waals surface area contributed by atoms with Gasteiger partial charge in [0.1, 0.15) is 18.4 Å². The molecule has 0 radical (unpaired) electrons. The van der Waals surface area contributed by atoms with Crippen molar-refractivity contribution in [3.63, 3.8) is 0 Å². The maximum absolute atomic E-state index is 14.7. The van der Waals surface area contributed by atoms with Gasteiger partial charge in [0.15, 0.2) is 11.6 Å². The number of nitrogens with two attached hydrogens (primary N) is 1. The van der Waals surface area contributed by atoms with Gasteiger partial charge in [-0.25, -0.2) is 4.39 Å². The van der Waals surface area contributed by atoms with Gasteiger partial charge in [0.25, 0.3) is 0 Å². The Morgan fingerprint density at radius 3 is 2.71 bits per heavy atom. The van der Waals surface area contributed by atoms with Crippen molar-refractivity contribution >= 4 is 45.9 Å². The number of fused-ring (bicyclic) bond motifs is 2. The van der Waals surface area contributed by atoms with E-state index in [2.05, 4.69) is 15.8 Å². The number of likely N-dealkylation sites (tertiary alicyclic amines) is 1. The number of rotatable bonds is 8. The van der Waals surface area contributed by atoms with Crippen LogP contribution in [0.25, 0.3) is 10.9 Å². The van der Waals surface area contributed by atoms with E-state index in [-0.39, 0.29) is 59.1 Å². The third kappa shape index (κ3) is 4.71. The van der Waals surface area contributed by atoms with Crippen molar-refractivity contribution in [2.24, 2.45) is 16.8 Å². The summed E-state index contributed by atoms with van der Waals surface area (Å²) in [5.41, 5.74) is 10.4. The van der Waals surface area contributed by atoms with Crippen LogP contribution in [-0.4, -0.2) is 52.0 Å². The Morgan fingerprint density at radius 1 is 1.21 bits per heavy atom. The zero-order valence-electron chi connectivity index (χ0n) is 21.0. The second-order valence-corrected chi connectivity index (χ2v) is 10.1. The van der Waals surface area contributed by atoms with Gasteiger partial charge in [0.2, 0.25) is 11.8 Å². The predicted octanol–water partition coefficient (Wildman–Crippen LogP) is 2.78. The quantitative estimate of drug-likeness (QED) is 0.176. The van der Waals surface area contributed by atoms with E-state index in [1.807, 2.05) is 24.3 Å². The van der Waals surface area contributed by atoms with Crippen LogP contribution in [0.4, 0.5) is 4.39 Å². The van der Waals surface area contributed by atoms with Crippen LogP contribution in [0.15, 0.2) is 47.7 Å². The average Bonchev–Trinajstić information content (AvgIpc) is 3.39. The van der Waals surface area contributed by atoms with Crippen LogP contribution >= 0.6 is 11.6 Å². The number of piperidine rings is 1. The molecule has 3 aromatic rings. The maximum Gasteiger partial charge on any atom is 0.243 e. The fourth-order valence-electron chi connectivity index (χ4n) is 5.34. The molecular weight excluding hydrogens is 511 g/mol. The molecule has 1 aliphatic carbocycles. The van der Waals surface area contributed by atoms with Gasteiger partial charge in [-0.2, -0.15) is 5.10 Å². The second-order valence-electron chi connectivity index (χ2n) is 9.73. The highest BCUT2D eigenvalue weighted by molar-refractivity contribution is 6.31. The number of aromatic nitrogens is 1. The smallest absolute Gasteiger partial charge is 0.243 e. The molecule has 1 aromatic heterocycles. The number of amides is 2. The van der Waals surface area contributed by atoms with Crippen molar-refractivity contribution in [3.05, 3.63) is 70.1 Å². The third-order valence-electron chi connectivity index (χ3n) is 7.25. The van der Waals surface area contributed by atoms with E-state index in [0.717, 1.165) is 17.3 Å². The minimum Gasteiger partial charge on any atom is -0.382 e. The number of para-hydroxylation sites is 1. The van der Waals surface area contributed by atoms with Crippen molar-refractivity contribution in [1.29, 1.82) is 0 Å². The number of ketones is 1. The summed E-state index contributed by atoms with van der Waals surface area (Å²) in [6.07, 6.45) is 3.11. The number of benzene rings is 2. The van der Waals surface area contributed by atoms with Crippen LogP contribution in [0.3, 0.4) is 0 Å². The van der Waals surface area contributed by atoms with Crippen LogP contribution in [0.1, 0.15) is 41.3 Å². The lowest BCUT2D eigenvalue weighted by Crippen LogP contribution is -2.48. The summed E-state index contributed by atoms with van der Waals surface area (Å²) in [6.45, 7) is 1.39. The lowest BCUT2D eigenvalue weighted by molar-refractivity contribution is -0.140. The molecular formula is C27H28ClFN6O3. The summed E-state index contributed by atoms with van der Waals surface area (Å²) in [6, 6.07) is 9.64. The van der Waals surface area contributed by atoms with Crippen molar-refractivity contribution in [2.45, 2.75) is 44.9 Å². The Kier molecular flexibility index (Phi) is 6.83. The number of Topliss-reactive ketones (excluding diaryl/α,β-unsaturated/α-hetero) is 1. The van der Waals surface area contributed by atoms with Gasteiger partial charge in [-0.3, -0.25) is 14.4 Å². The van der Waals surface area contributed by atoms with E-state index in [0.29, 0.717) is 17.5 Å². The molecule has 0 unspecified atom stereocenters. The van der Waals surface area contributed by atoms with E-state index in [4.69, 9.17) is 17.3 Å². The molecule has 2 aromatic carbocycles. The van der Waals surface area contributed by atoms with Gasteiger partial charge in [-0.15, -0.1) is 0 Å². The minimum atomic E-state index is -0.657. The number of carbonyl (C=O) groups is 3. The molecule has 38 heavy (non-hydrogen) atoms. The molecule has 2 amide bonds. The number of halogens is 2. The fourth-order valence-corrected chi connectivity index (χ4v) is 5.58. The normalized spacial score (nSPS) is 20.4. The number of nitrogens with zero attached hydrogens (tertiary/aromatic N) is 3. The molecule has 1 saturated carbocycles. The Bertz CT molecular complexity index is 1480. The van der Waals surface area contributed by atoms with Gasteiger partial charge >= 0.3 is 0 Å². The van der Waals surface area contributed by atoms with E-state index in [1.165, 1.54) is 19.1 Å². The standard InChI is InChI=1S/C27H28ClFN6O3/c1-14(36)19-12-34(21-6-4-3-5-18(19)21)13-24(37)35-22-9-15(22)10-23(35)27(38)32-11-17-7-16(26(30)33-31-2)8-20(28)25(17)29/h3-8,12,15,22-23,31H,9-11,13H2,1-2H3,(H2,30,33)(H,32,38)/t15-,22-,23+/m1/s1. The molecule has 0 bridgehead atoms. The summed E-state index contributed by atoms with van der Waals surface area (Å²) in [4.78, 5) is 40.5. The average molecular weight is 539 g/mol. The van der Waals surface area contributed by atoms with E-state index < -0.39 is 11.9 Å². The number of amidine groups is 1. The first-order valence-electron chi connectivity index (χ1n) is 12.4. The molecule has 0 spiro atoms. The highest BCUT2D eigenvalue weighted by atomic mass is 35.5. The highest BCUT2D eigenvalue weighted by Gasteiger charge is 2.55. The number of hydrogen-bond acceptors (Lipinski definition) is 5. The van der Waals surface area contributed by atoms with Gasteiger partial charge < -0.3 is 25.9 Å². The third-order valence-corrected chi connectivity index (χ3v) is 7.53. The zero-order valence-corrected chi connectivity index (χ0v) is 21.8. The van der Waals surface area contributed by atoms with Crippen LogP contribution in [-0.2, 0) is 22.7 Å². The van der Waals surface area contributed by atoms with Crippen LogP contribution in [0.2, 0.25) is 5.02 Å². The molecule has 2 heterocycles.